The number of rotatable bonds is 5. The van der Waals surface area contributed by atoms with Gasteiger partial charge in [-0.05, 0) is 29.9 Å². The molecule has 0 amide bonds. The molecule has 0 aliphatic heterocycles. The molecule has 0 fully saturated rings. The zero-order chi connectivity index (χ0) is 10.4. The van der Waals surface area contributed by atoms with Gasteiger partial charge in [0.1, 0.15) is 0 Å². The van der Waals surface area contributed by atoms with Crippen LogP contribution in [0.4, 0.5) is 0 Å². The van der Waals surface area contributed by atoms with Crippen LogP contribution in [0.15, 0.2) is 28.7 Å². The number of carbonyl (C=O) groups is 1. The van der Waals surface area contributed by atoms with Gasteiger partial charge >= 0.3 is 5.97 Å². The highest BCUT2D eigenvalue weighted by molar-refractivity contribution is 9.10. The second-order valence-corrected chi connectivity index (χ2v) is 4.85. The van der Waals surface area contributed by atoms with E-state index in [0.717, 1.165) is 16.6 Å². The number of halogens is 1. The molecule has 4 heteroatoms. The molecule has 14 heavy (non-hydrogen) atoms. The molecule has 0 radical (unpaired) electrons. The fraction of sp³-hybridized carbons (Fsp3) is 0.300. The van der Waals surface area contributed by atoms with E-state index in [1.165, 1.54) is 17.3 Å². The fourth-order valence-electron chi connectivity index (χ4n) is 1.04. The van der Waals surface area contributed by atoms with Crippen LogP contribution in [0.5, 0.6) is 0 Å². The van der Waals surface area contributed by atoms with Crippen LogP contribution in [0.1, 0.15) is 5.56 Å². The van der Waals surface area contributed by atoms with Gasteiger partial charge in [0.25, 0.3) is 0 Å². The van der Waals surface area contributed by atoms with E-state index in [-0.39, 0.29) is 5.75 Å². The lowest BCUT2D eigenvalue weighted by molar-refractivity contribution is -0.133. The Bertz CT molecular complexity index is 315. The van der Waals surface area contributed by atoms with Crippen molar-refractivity contribution in [1.29, 1.82) is 0 Å². The molecule has 1 aromatic carbocycles. The van der Waals surface area contributed by atoms with Crippen LogP contribution < -0.4 is 0 Å². The first-order valence-electron chi connectivity index (χ1n) is 4.22. The highest BCUT2D eigenvalue weighted by atomic mass is 79.9. The number of hydrogen-bond acceptors (Lipinski definition) is 2. The molecular formula is C10H11BrO2S. The van der Waals surface area contributed by atoms with Crippen molar-refractivity contribution >= 4 is 33.7 Å². The minimum Gasteiger partial charge on any atom is -0.481 e. The van der Waals surface area contributed by atoms with Gasteiger partial charge in [-0.3, -0.25) is 4.79 Å². The first kappa shape index (κ1) is 11.6. The Balaban J connectivity index is 2.28. The van der Waals surface area contributed by atoms with Gasteiger partial charge in [0.15, 0.2) is 0 Å². The molecule has 0 saturated carbocycles. The third-order valence-electron chi connectivity index (χ3n) is 1.65. The van der Waals surface area contributed by atoms with Gasteiger partial charge < -0.3 is 5.11 Å². The Labute approximate surface area is 95.8 Å². The standard InChI is InChI=1S/C10H11BrO2S/c11-9-3-1-2-8(6-9)4-5-14-7-10(12)13/h1-3,6H,4-5,7H2,(H,12,13). The van der Waals surface area contributed by atoms with Crippen LogP contribution in [0, 0.1) is 0 Å². The predicted octanol–water partition coefficient (Wildman–Crippen LogP) is 2.81. The number of carboxylic acids is 1. The molecule has 0 heterocycles. The fourth-order valence-corrected chi connectivity index (χ4v) is 2.19. The maximum Gasteiger partial charge on any atom is 0.313 e. The summed E-state index contributed by atoms with van der Waals surface area (Å²) in [7, 11) is 0. The number of aryl methyl sites for hydroxylation is 1. The molecule has 2 nitrogen and oxygen atoms in total. The smallest absolute Gasteiger partial charge is 0.313 e. The van der Waals surface area contributed by atoms with Crippen LogP contribution in [-0.2, 0) is 11.2 Å². The van der Waals surface area contributed by atoms with Gasteiger partial charge in [-0.1, -0.05) is 28.1 Å². The quantitative estimate of drug-likeness (QED) is 0.839. The van der Waals surface area contributed by atoms with Crippen LogP contribution in [0.3, 0.4) is 0 Å². The number of benzene rings is 1. The van der Waals surface area contributed by atoms with Crippen molar-refractivity contribution in [2.24, 2.45) is 0 Å². The molecule has 76 valence electrons. The second kappa shape index (κ2) is 6.09. The average Bonchev–Trinajstić information content (AvgIpc) is 2.12. The Kier molecular flexibility index (Phi) is 5.04. The zero-order valence-electron chi connectivity index (χ0n) is 7.57. The Morgan fingerprint density at radius 1 is 1.50 bits per heavy atom. The SMILES string of the molecule is O=C(O)CSCCc1cccc(Br)c1. The minimum atomic E-state index is -0.746. The van der Waals surface area contributed by atoms with E-state index in [4.69, 9.17) is 5.11 Å². The van der Waals surface area contributed by atoms with Crippen molar-refractivity contribution in [2.45, 2.75) is 6.42 Å². The summed E-state index contributed by atoms with van der Waals surface area (Å²) in [5.74, 6) is 0.292. The summed E-state index contributed by atoms with van der Waals surface area (Å²) in [5, 5.41) is 8.43. The molecule has 0 aromatic heterocycles. The van der Waals surface area contributed by atoms with Crippen molar-refractivity contribution in [3.05, 3.63) is 34.3 Å². The number of hydrogen-bond donors (Lipinski definition) is 1. The maximum atomic E-state index is 10.2. The van der Waals surface area contributed by atoms with Crippen LogP contribution >= 0.6 is 27.7 Å². The minimum absolute atomic E-state index is 0.188. The van der Waals surface area contributed by atoms with Crippen molar-refractivity contribution in [3.8, 4) is 0 Å². The van der Waals surface area contributed by atoms with E-state index in [2.05, 4.69) is 22.0 Å². The predicted molar refractivity (Wildman–Crippen MR) is 62.8 cm³/mol. The molecule has 0 saturated heterocycles. The van der Waals surface area contributed by atoms with E-state index in [9.17, 15) is 4.79 Å². The Morgan fingerprint density at radius 3 is 2.93 bits per heavy atom. The Hall–Kier alpha value is -0.480. The van der Waals surface area contributed by atoms with Crippen LogP contribution in [0.25, 0.3) is 0 Å². The van der Waals surface area contributed by atoms with Crippen molar-refractivity contribution in [1.82, 2.24) is 0 Å². The topological polar surface area (TPSA) is 37.3 Å². The first-order valence-corrected chi connectivity index (χ1v) is 6.17. The first-order chi connectivity index (χ1) is 6.68. The Morgan fingerprint density at radius 2 is 2.29 bits per heavy atom. The molecule has 0 aliphatic carbocycles. The largest absolute Gasteiger partial charge is 0.481 e. The van der Waals surface area contributed by atoms with E-state index in [1.54, 1.807) is 0 Å². The number of carboxylic acid groups (broad SMARTS) is 1. The van der Waals surface area contributed by atoms with Gasteiger partial charge in [0.2, 0.25) is 0 Å². The summed E-state index contributed by atoms with van der Waals surface area (Å²) < 4.78 is 1.07. The van der Waals surface area contributed by atoms with Crippen molar-refractivity contribution < 1.29 is 9.90 Å². The summed E-state index contributed by atoms with van der Waals surface area (Å²) in [4.78, 5) is 10.2. The summed E-state index contributed by atoms with van der Waals surface area (Å²) in [6.07, 6.45) is 0.914. The normalized spacial score (nSPS) is 10.1. The van der Waals surface area contributed by atoms with E-state index < -0.39 is 5.97 Å². The molecule has 0 aliphatic rings. The lowest BCUT2D eigenvalue weighted by atomic mass is 10.2. The van der Waals surface area contributed by atoms with Gasteiger partial charge in [0, 0.05) is 4.47 Å². The van der Waals surface area contributed by atoms with Gasteiger partial charge in [-0.2, -0.15) is 0 Å². The molecule has 1 aromatic rings. The van der Waals surface area contributed by atoms with Gasteiger partial charge in [-0.25, -0.2) is 0 Å². The third-order valence-corrected chi connectivity index (χ3v) is 3.09. The molecule has 1 N–H and O–H groups in total. The van der Waals surface area contributed by atoms with E-state index in [0.29, 0.717) is 0 Å². The highest BCUT2D eigenvalue weighted by Crippen LogP contribution is 2.13. The summed E-state index contributed by atoms with van der Waals surface area (Å²) >= 11 is 4.84. The van der Waals surface area contributed by atoms with Crippen molar-refractivity contribution in [3.63, 3.8) is 0 Å². The highest BCUT2D eigenvalue weighted by Gasteiger charge is 1.98. The third kappa shape index (κ3) is 4.67. The average molecular weight is 275 g/mol. The van der Waals surface area contributed by atoms with Crippen LogP contribution in [0.2, 0.25) is 0 Å². The van der Waals surface area contributed by atoms with E-state index in [1.807, 2.05) is 18.2 Å². The number of thioether (sulfide) groups is 1. The molecule has 0 bridgehead atoms. The zero-order valence-corrected chi connectivity index (χ0v) is 9.97. The molecule has 1 rings (SSSR count). The summed E-state index contributed by atoms with van der Waals surface area (Å²) in [5.41, 5.74) is 1.23. The molecule has 0 spiro atoms. The lowest BCUT2D eigenvalue weighted by Gasteiger charge is -2.00. The monoisotopic (exact) mass is 274 g/mol. The molecule has 0 atom stereocenters. The van der Waals surface area contributed by atoms with E-state index >= 15 is 0 Å². The lowest BCUT2D eigenvalue weighted by Crippen LogP contribution is -1.99. The number of aliphatic carboxylic acids is 1. The molecular weight excluding hydrogens is 264 g/mol. The summed E-state index contributed by atoms with van der Waals surface area (Å²) in [6, 6.07) is 8.07. The van der Waals surface area contributed by atoms with Gasteiger partial charge in [-0.15, -0.1) is 11.8 Å². The summed E-state index contributed by atoms with van der Waals surface area (Å²) in [6.45, 7) is 0. The second-order valence-electron chi connectivity index (χ2n) is 2.83. The maximum absolute atomic E-state index is 10.2. The van der Waals surface area contributed by atoms with Crippen LogP contribution in [-0.4, -0.2) is 22.6 Å². The van der Waals surface area contributed by atoms with Gasteiger partial charge in [0.05, 0.1) is 5.75 Å². The molecule has 0 unspecified atom stereocenters. The van der Waals surface area contributed by atoms with Crippen molar-refractivity contribution in [2.75, 3.05) is 11.5 Å².